The Morgan fingerprint density at radius 3 is 2.05 bits per heavy atom. The summed E-state index contributed by atoms with van der Waals surface area (Å²) in [4.78, 5) is 50.1. The fraction of sp³-hybridized carbons (Fsp3) is 0.484. The molecule has 1 unspecified atom stereocenters. The number of aliphatic hydroxyl groups excluding tert-OH is 1. The molecule has 0 aromatic heterocycles. The average Bonchev–Trinajstić information content (AvgIpc) is 2.96. The summed E-state index contributed by atoms with van der Waals surface area (Å²) >= 11 is 0. The third-order valence-corrected chi connectivity index (χ3v) is 6.17. The van der Waals surface area contributed by atoms with E-state index in [0.29, 0.717) is 25.8 Å². The minimum atomic E-state index is -1.16. The Morgan fingerprint density at radius 1 is 0.837 bits per heavy atom. The Kier molecular flexibility index (Phi) is 14.8. The molecule has 0 aliphatic carbocycles. The summed E-state index contributed by atoms with van der Waals surface area (Å²) in [6.45, 7) is 5.47. The Balaban J connectivity index is 1.87. The molecule has 5 N–H and O–H groups in total. The molecule has 0 bridgehead atoms. The maximum atomic E-state index is 12.8. The molecule has 43 heavy (non-hydrogen) atoms. The summed E-state index contributed by atoms with van der Waals surface area (Å²) in [5.41, 5.74) is 0.968. The number of carbonyl (C=O) groups is 4. The second-order valence-corrected chi connectivity index (χ2v) is 11.1. The van der Waals surface area contributed by atoms with Gasteiger partial charge in [0.05, 0.1) is 6.10 Å². The molecule has 0 saturated heterocycles. The van der Waals surface area contributed by atoms with Crippen LogP contribution in [0.1, 0.15) is 57.6 Å². The van der Waals surface area contributed by atoms with Gasteiger partial charge in [0, 0.05) is 38.6 Å². The van der Waals surface area contributed by atoms with E-state index in [2.05, 4.69) is 16.0 Å². The first-order valence-electron chi connectivity index (χ1n) is 14.3. The molecule has 4 amide bonds. The number of ether oxygens (including phenoxy) is 2. The van der Waals surface area contributed by atoms with E-state index in [0.717, 1.165) is 11.1 Å². The number of carbonyl (C=O) groups excluding carboxylic acids is 3. The fourth-order valence-electron chi connectivity index (χ4n) is 4.08. The van der Waals surface area contributed by atoms with E-state index in [1.807, 2.05) is 60.7 Å². The van der Waals surface area contributed by atoms with Gasteiger partial charge in [-0.3, -0.25) is 4.79 Å². The number of alkyl carbamates (subject to hydrolysis) is 2. The first-order chi connectivity index (χ1) is 20.4. The number of benzene rings is 2. The molecule has 0 aliphatic heterocycles. The van der Waals surface area contributed by atoms with Crippen molar-refractivity contribution >= 4 is 24.2 Å². The van der Waals surface area contributed by atoms with Crippen LogP contribution >= 0.6 is 0 Å². The summed E-state index contributed by atoms with van der Waals surface area (Å²) in [5.74, 6) is -0.441. The van der Waals surface area contributed by atoms with E-state index >= 15 is 0 Å². The summed E-state index contributed by atoms with van der Waals surface area (Å²) in [6, 6.07) is 17.7. The largest absolute Gasteiger partial charge is 0.465 e. The first-order valence-corrected chi connectivity index (χ1v) is 14.3. The van der Waals surface area contributed by atoms with Crippen molar-refractivity contribution in [2.75, 3.05) is 19.6 Å². The van der Waals surface area contributed by atoms with Gasteiger partial charge >= 0.3 is 18.3 Å². The number of hydrogen-bond acceptors (Lipinski definition) is 7. The standard InChI is InChI=1S/C31H44N4O8/c1-31(2,3)43-29(39)34-20-26(36)19-33-27(37)18-25(35(30(40)41)21-23-12-6-4-7-13-23)16-10-11-17-32-28(38)42-22-24-14-8-5-9-15-24/h4-9,12-15,25-26,36H,10-11,16-22H2,1-3H3,(H,32,38)(H,33,37)(H,34,39)(H,40,41)/t25-,26?/m0/s1. The van der Waals surface area contributed by atoms with Crippen LogP contribution in [0, 0.1) is 0 Å². The Morgan fingerprint density at radius 2 is 1.44 bits per heavy atom. The number of unbranched alkanes of at least 4 members (excludes halogenated alkanes) is 1. The lowest BCUT2D eigenvalue weighted by atomic mass is 10.0. The van der Waals surface area contributed by atoms with Gasteiger partial charge in [-0.2, -0.15) is 0 Å². The lowest BCUT2D eigenvalue weighted by Gasteiger charge is -2.29. The van der Waals surface area contributed by atoms with E-state index in [1.165, 1.54) is 4.90 Å². The second-order valence-electron chi connectivity index (χ2n) is 11.1. The van der Waals surface area contributed by atoms with E-state index in [1.54, 1.807) is 20.8 Å². The van der Waals surface area contributed by atoms with Gasteiger partial charge in [-0.25, -0.2) is 14.4 Å². The third-order valence-electron chi connectivity index (χ3n) is 6.17. The zero-order chi connectivity index (χ0) is 31.7. The number of aliphatic hydroxyl groups is 1. The molecule has 12 heteroatoms. The zero-order valence-corrected chi connectivity index (χ0v) is 25.1. The Bertz CT molecular complexity index is 1140. The molecule has 0 radical (unpaired) electrons. The fourth-order valence-corrected chi connectivity index (χ4v) is 4.08. The van der Waals surface area contributed by atoms with Crippen LogP contribution in [0.4, 0.5) is 14.4 Å². The normalized spacial score (nSPS) is 12.4. The van der Waals surface area contributed by atoms with Crippen LogP contribution in [0.15, 0.2) is 60.7 Å². The Hall–Kier alpha value is -4.32. The van der Waals surface area contributed by atoms with Crippen LogP contribution in [-0.4, -0.2) is 76.7 Å². The van der Waals surface area contributed by atoms with Gasteiger partial charge in [-0.05, 0) is 51.2 Å². The lowest BCUT2D eigenvalue weighted by molar-refractivity contribution is -0.122. The molecular formula is C31H44N4O8. The molecule has 236 valence electrons. The van der Waals surface area contributed by atoms with Crippen molar-refractivity contribution in [2.45, 2.75) is 77.4 Å². The van der Waals surface area contributed by atoms with Crippen LogP contribution in [0.3, 0.4) is 0 Å². The first kappa shape index (κ1) is 34.9. The van der Waals surface area contributed by atoms with Crippen LogP contribution in [0.25, 0.3) is 0 Å². The van der Waals surface area contributed by atoms with Gasteiger partial charge < -0.3 is 40.5 Å². The van der Waals surface area contributed by atoms with Crippen molar-refractivity contribution in [1.29, 1.82) is 0 Å². The molecule has 12 nitrogen and oxygen atoms in total. The molecular weight excluding hydrogens is 556 g/mol. The minimum Gasteiger partial charge on any atom is -0.465 e. The van der Waals surface area contributed by atoms with Crippen molar-refractivity contribution in [3.63, 3.8) is 0 Å². The molecule has 0 aliphatic rings. The SMILES string of the molecule is CC(C)(C)OC(=O)NCC(O)CNC(=O)C[C@H](CCCCNC(=O)OCc1ccccc1)N(Cc1ccccc1)C(=O)O. The predicted octanol–water partition coefficient (Wildman–Crippen LogP) is 4.02. The van der Waals surface area contributed by atoms with Crippen LogP contribution in [0.5, 0.6) is 0 Å². The minimum absolute atomic E-state index is 0.0978. The van der Waals surface area contributed by atoms with Gasteiger partial charge in [0.15, 0.2) is 0 Å². The number of nitrogens with zero attached hydrogens (tertiary/aromatic N) is 1. The highest BCUT2D eigenvalue weighted by atomic mass is 16.6. The number of carboxylic acid groups (broad SMARTS) is 1. The Labute approximate surface area is 252 Å². The van der Waals surface area contributed by atoms with Crippen molar-refractivity contribution in [3.8, 4) is 0 Å². The van der Waals surface area contributed by atoms with E-state index < -0.39 is 41.9 Å². The quantitative estimate of drug-likeness (QED) is 0.180. The van der Waals surface area contributed by atoms with Crippen molar-refractivity contribution < 1.29 is 38.9 Å². The van der Waals surface area contributed by atoms with E-state index in [-0.39, 0.29) is 32.7 Å². The zero-order valence-electron chi connectivity index (χ0n) is 25.1. The third kappa shape index (κ3) is 15.5. The average molecular weight is 601 g/mol. The maximum absolute atomic E-state index is 12.8. The van der Waals surface area contributed by atoms with Crippen LogP contribution in [-0.2, 0) is 27.4 Å². The molecule has 0 saturated carbocycles. The van der Waals surface area contributed by atoms with Crippen LogP contribution < -0.4 is 16.0 Å². The molecule has 0 spiro atoms. The van der Waals surface area contributed by atoms with Crippen molar-refractivity contribution in [2.24, 2.45) is 0 Å². The summed E-state index contributed by atoms with van der Waals surface area (Å²) in [6.07, 6.45) is -2.13. The molecule has 2 aromatic carbocycles. The second kappa shape index (κ2) is 18.3. The smallest absolute Gasteiger partial charge is 0.407 e. The summed E-state index contributed by atoms with van der Waals surface area (Å²) in [5, 5.41) is 27.9. The highest BCUT2D eigenvalue weighted by molar-refractivity contribution is 5.77. The van der Waals surface area contributed by atoms with E-state index in [4.69, 9.17) is 9.47 Å². The lowest BCUT2D eigenvalue weighted by Crippen LogP contribution is -2.45. The van der Waals surface area contributed by atoms with Crippen molar-refractivity contribution in [1.82, 2.24) is 20.9 Å². The maximum Gasteiger partial charge on any atom is 0.407 e. The number of amides is 4. The topological polar surface area (TPSA) is 167 Å². The van der Waals surface area contributed by atoms with Gasteiger partial charge in [0.25, 0.3) is 0 Å². The molecule has 0 fully saturated rings. The molecule has 2 atom stereocenters. The summed E-state index contributed by atoms with van der Waals surface area (Å²) < 4.78 is 10.3. The monoisotopic (exact) mass is 600 g/mol. The van der Waals surface area contributed by atoms with Gasteiger partial charge in [0.1, 0.15) is 12.2 Å². The van der Waals surface area contributed by atoms with Gasteiger partial charge in [-0.1, -0.05) is 60.7 Å². The van der Waals surface area contributed by atoms with Gasteiger partial charge in [-0.15, -0.1) is 0 Å². The summed E-state index contributed by atoms with van der Waals surface area (Å²) in [7, 11) is 0. The van der Waals surface area contributed by atoms with Gasteiger partial charge in [0.2, 0.25) is 5.91 Å². The number of rotatable bonds is 16. The van der Waals surface area contributed by atoms with E-state index in [9.17, 15) is 29.4 Å². The highest BCUT2D eigenvalue weighted by Crippen LogP contribution is 2.17. The molecule has 2 rings (SSSR count). The number of nitrogens with one attached hydrogen (secondary N) is 3. The molecule has 2 aromatic rings. The molecule has 0 heterocycles. The predicted molar refractivity (Wildman–Crippen MR) is 160 cm³/mol. The number of hydrogen-bond donors (Lipinski definition) is 5. The van der Waals surface area contributed by atoms with Crippen LogP contribution in [0.2, 0.25) is 0 Å². The highest BCUT2D eigenvalue weighted by Gasteiger charge is 2.26. The van der Waals surface area contributed by atoms with Crippen molar-refractivity contribution in [3.05, 3.63) is 71.8 Å².